The van der Waals surface area contributed by atoms with E-state index >= 15 is 0 Å². The zero-order chi connectivity index (χ0) is 56.4. The van der Waals surface area contributed by atoms with E-state index in [1.807, 2.05) is 6.08 Å². The number of esters is 1. The first kappa shape index (κ1) is 76.6. The Labute approximate surface area is 489 Å². The molecule has 78 heavy (non-hydrogen) atoms. The van der Waals surface area contributed by atoms with Crippen LogP contribution >= 0.6 is 0 Å². The summed E-state index contributed by atoms with van der Waals surface area (Å²) in [5, 5.41) is 23.2. The lowest BCUT2D eigenvalue weighted by Crippen LogP contribution is -2.45. The predicted octanol–water partition coefficient (Wildman–Crippen LogP) is 23.1. The molecule has 0 aliphatic heterocycles. The van der Waals surface area contributed by atoms with Gasteiger partial charge in [0, 0.05) is 12.8 Å². The van der Waals surface area contributed by atoms with Crippen molar-refractivity contribution >= 4 is 11.9 Å². The number of rotatable bonds is 68. The van der Waals surface area contributed by atoms with Gasteiger partial charge in [0.15, 0.2) is 0 Å². The highest BCUT2D eigenvalue weighted by atomic mass is 16.5. The van der Waals surface area contributed by atoms with E-state index in [0.29, 0.717) is 19.4 Å². The highest BCUT2D eigenvalue weighted by Gasteiger charge is 2.18. The number of ether oxygens (including phenoxy) is 1. The van der Waals surface area contributed by atoms with Crippen LogP contribution in [-0.4, -0.2) is 47.4 Å². The molecule has 0 bridgehead atoms. The molecule has 0 rings (SSSR count). The van der Waals surface area contributed by atoms with Gasteiger partial charge in [-0.1, -0.05) is 379 Å². The lowest BCUT2D eigenvalue weighted by Gasteiger charge is -2.20. The molecule has 1 amide bonds. The van der Waals surface area contributed by atoms with E-state index in [2.05, 4.69) is 19.2 Å². The molecule has 0 aromatic carbocycles. The van der Waals surface area contributed by atoms with E-state index in [1.54, 1.807) is 6.08 Å². The zero-order valence-corrected chi connectivity index (χ0v) is 53.2. The van der Waals surface area contributed by atoms with Crippen molar-refractivity contribution in [3.05, 3.63) is 12.2 Å². The SMILES string of the molecule is CCCCCCCCCCCCCCCCCCCC/C=C/C(O)C(CO)NC(=O)CCCCCCCCCCCCCCCCCCCCCCCCOC(=O)CCCCCCCCCCCCCCCCCCCCC. The summed E-state index contributed by atoms with van der Waals surface area (Å²) in [6, 6.07) is -0.628. The Kier molecular flexibility index (Phi) is 66.9. The molecular formula is C72H141NO5. The molecule has 6 nitrogen and oxygen atoms in total. The monoisotopic (exact) mass is 1100 g/mol. The first-order valence-electron chi connectivity index (χ1n) is 36.0. The molecule has 0 saturated carbocycles. The standard InChI is InChI=1S/C72H141NO5/c1-3-5-7-9-11-13-15-17-19-21-23-29-32-36-40-44-48-52-56-60-64-70(75)69(68-74)73-71(76)65-61-57-53-49-45-41-37-33-30-26-24-25-27-31-35-39-43-47-51-55-59-63-67-78-72(77)66-62-58-54-50-46-42-38-34-28-22-20-18-16-14-12-10-8-6-4-2/h60,64,69-70,74-75H,3-59,61-63,65-68H2,1-2H3,(H,73,76)/b64-60+. The van der Waals surface area contributed by atoms with E-state index in [-0.39, 0.29) is 18.5 Å². The van der Waals surface area contributed by atoms with Gasteiger partial charge in [-0.05, 0) is 32.1 Å². The minimum Gasteiger partial charge on any atom is -0.466 e. The van der Waals surface area contributed by atoms with Crippen molar-refractivity contribution in [2.24, 2.45) is 0 Å². The van der Waals surface area contributed by atoms with E-state index in [4.69, 9.17) is 4.74 Å². The molecule has 0 aliphatic rings. The van der Waals surface area contributed by atoms with Crippen molar-refractivity contribution < 1.29 is 24.5 Å². The maximum absolute atomic E-state index is 12.5. The summed E-state index contributed by atoms with van der Waals surface area (Å²) in [4.78, 5) is 24.6. The molecule has 0 fully saturated rings. The van der Waals surface area contributed by atoms with Crippen LogP contribution in [0.3, 0.4) is 0 Å². The Hall–Kier alpha value is -1.40. The average molecular weight is 1100 g/mol. The summed E-state index contributed by atoms with van der Waals surface area (Å²) < 4.78 is 5.51. The van der Waals surface area contributed by atoms with Crippen LogP contribution in [0.25, 0.3) is 0 Å². The van der Waals surface area contributed by atoms with E-state index in [9.17, 15) is 19.8 Å². The molecule has 2 unspecified atom stereocenters. The van der Waals surface area contributed by atoms with Crippen LogP contribution in [-0.2, 0) is 14.3 Å². The molecule has 0 heterocycles. The van der Waals surface area contributed by atoms with Gasteiger partial charge in [0.2, 0.25) is 5.91 Å². The fraction of sp³-hybridized carbons (Fsp3) is 0.944. The predicted molar refractivity (Wildman–Crippen MR) is 343 cm³/mol. The van der Waals surface area contributed by atoms with Crippen LogP contribution in [0.15, 0.2) is 12.2 Å². The third-order valence-electron chi connectivity index (χ3n) is 17.1. The highest BCUT2D eigenvalue weighted by molar-refractivity contribution is 5.76. The maximum Gasteiger partial charge on any atom is 0.305 e. The van der Waals surface area contributed by atoms with Crippen LogP contribution in [0.1, 0.15) is 412 Å². The number of hydrogen-bond acceptors (Lipinski definition) is 5. The molecule has 0 aromatic rings. The van der Waals surface area contributed by atoms with Crippen molar-refractivity contribution in [2.75, 3.05) is 13.2 Å². The number of amides is 1. The number of aliphatic hydroxyl groups excluding tert-OH is 2. The Bertz CT molecular complexity index is 1180. The van der Waals surface area contributed by atoms with Crippen molar-refractivity contribution in [1.29, 1.82) is 0 Å². The van der Waals surface area contributed by atoms with Crippen molar-refractivity contribution in [1.82, 2.24) is 5.32 Å². The summed E-state index contributed by atoms with van der Waals surface area (Å²) in [7, 11) is 0. The summed E-state index contributed by atoms with van der Waals surface area (Å²) in [5.74, 6) is -0.0448. The first-order valence-corrected chi connectivity index (χ1v) is 36.0. The van der Waals surface area contributed by atoms with E-state index in [0.717, 1.165) is 38.5 Å². The molecule has 464 valence electrons. The second kappa shape index (κ2) is 68.1. The molecular weight excluding hydrogens is 959 g/mol. The van der Waals surface area contributed by atoms with Crippen LogP contribution in [0, 0.1) is 0 Å². The van der Waals surface area contributed by atoms with Crippen molar-refractivity contribution in [3.63, 3.8) is 0 Å². The number of aliphatic hydroxyl groups is 2. The minimum atomic E-state index is -0.845. The molecule has 6 heteroatoms. The molecule has 0 saturated heterocycles. The van der Waals surface area contributed by atoms with Gasteiger partial charge >= 0.3 is 5.97 Å². The molecule has 0 radical (unpaired) electrons. The number of carbonyl (C=O) groups is 2. The quantitative estimate of drug-likeness (QED) is 0.0320. The molecule has 0 spiro atoms. The summed E-state index contributed by atoms with van der Waals surface area (Å²) in [6.45, 7) is 4.95. The Morgan fingerprint density at radius 3 is 0.872 bits per heavy atom. The molecule has 2 atom stereocenters. The fourth-order valence-corrected chi connectivity index (χ4v) is 11.6. The largest absolute Gasteiger partial charge is 0.466 e. The smallest absolute Gasteiger partial charge is 0.305 e. The topological polar surface area (TPSA) is 95.9 Å². The number of allylic oxidation sites excluding steroid dienone is 1. The van der Waals surface area contributed by atoms with Gasteiger partial charge in [-0.25, -0.2) is 0 Å². The zero-order valence-electron chi connectivity index (χ0n) is 53.2. The second-order valence-corrected chi connectivity index (χ2v) is 24.9. The van der Waals surface area contributed by atoms with Gasteiger partial charge in [0.1, 0.15) is 0 Å². The van der Waals surface area contributed by atoms with Gasteiger partial charge < -0.3 is 20.3 Å². The Morgan fingerprint density at radius 2 is 0.590 bits per heavy atom. The molecule has 0 aromatic heterocycles. The van der Waals surface area contributed by atoms with Crippen molar-refractivity contribution in [2.45, 2.75) is 424 Å². The van der Waals surface area contributed by atoms with E-state index in [1.165, 1.54) is 347 Å². The number of nitrogens with one attached hydrogen (secondary N) is 1. The number of unbranched alkanes of at least 4 members (excludes halogenated alkanes) is 57. The normalized spacial score (nSPS) is 12.5. The average Bonchev–Trinajstić information content (AvgIpc) is 3.44. The van der Waals surface area contributed by atoms with Gasteiger partial charge in [0.05, 0.1) is 25.4 Å². The fourth-order valence-electron chi connectivity index (χ4n) is 11.6. The van der Waals surface area contributed by atoms with Gasteiger partial charge in [-0.15, -0.1) is 0 Å². The summed E-state index contributed by atoms with van der Waals surface area (Å²) in [5.41, 5.74) is 0. The summed E-state index contributed by atoms with van der Waals surface area (Å²) in [6.07, 6.45) is 84.3. The highest BCUT2D eigenvalue weighted by Crippen LogP contribution is 2.19. The van der Waals surface area contributed by atoms with Crippen LogP contribution < -0.4 is 5.32 Å². The van der Waals surface area contributed by atoms with Crippen molar-refractivity contribution in [3.8, 4) is 0 Å². The van der Waals surface area contributed by atoms with Crippen LogP contribution in [0.5, 0.6) is 0 Å². The molecule has 0 aliphatic carbocycles. The van der Waals surface area contributed by atoms with Gasteiger partial charge in [0.25, 0.3) is 0 Å². The molecule has 3 N–H and O–H groups in total. The first-order chi connectivity index (χ1) is 38.5. The van der Waals surface area contributed by atoms with Gasteiger partial charge in [-0.2, -0.15) is 0 Å². The number of hydrogen-bond donors (Lipinski definition) is 3. The minimum absolute atomic E-state index is 0.0187. The Balaban J connectivity index is 3.37. The van der Waals surface area contributed by atoms with E-state index < -0.39 is 12.1 Å². The lowest BCUT2D eigenvalue weighted by molar-refractivity contribution is -0.143. The third-order valence-corrected chi connectivity index (χ3v) is 17.1. The maximum atomic E-state index is 12.5. The van der Waals surface area contributed by atoms with Crippen LogP contribution in [0.2, 0.25) is 0 Å². The number of carbonyl (C=O) groups excluding carboxylic acids is 2. The lowest BCUT2D eigenvalue weighted by atomic mass is 10.0. The third kappa shape index (κ3) is 63.8. The Morgan fingerprint density at radius 1 is 0.346 bits per heavy atom. The summed E-state index contributed by atoms with van der Waals surface area (Å²) >= 11 is 0. The second-order valence-electron chi connectivity index (χ2n) is 24.9. The van der Waals surface area contributed by atoms with Gasteiger partial charge in [-0.3, -0.25) is 9.59 Å². The van der Waals surface area contributed by atoms with Crippen LogP contribution in [0.4, 0.5) is 0 Å².